The second-order valence-corrected chi connectivity index (χ2v) is 12.0. The van der Waals surface area contributed by atoms with Gasteiger partial charge in [-0.2, -0.15) is 0 Å². The van der Waals surface area contributed by atoms with E-state index >= 15 is 0 Å². The summed E-state index contributed by atoms with van der Waals surface area (Å²) in [6, 6.07) is 9.59. The van der Waals surface area contributed by atoms with Crippen LogP contribution in [0, 0.1) is 0 Å². The highest BCUT2D eigenvalue weighted by molar-refractivity contribution is 5.96. The number of esters is 1. The van der Waals surface area contributed by atoms with E-state index in [-0.39, 0.29) is 63.8 Å². The van der Waals surface area contributed by atoms with E-state index in [2.05, 4.69) is 15.3 Å². The molecule has 234 valence electrons. The third kappa shape index (κ3) is 9.47. The van der Waals surface area contributed by atoms with E-state index in [1.54, 1.807) is 46.4 Å². The summed E-state index contributed by atoms with van der Waals surface area (Å²) >= 11 is 0. The SMILES string of the molecule is CCOC(=O)N1CCN(C(=O)[C@H](CCC(=O)OC(C)(C)C)NC(=O)c2cc(C(C)(C)CO)nc(-c3ccccc3)n2)CC1. The van der Waals surface area contributed by atoms with Crippen LogP contribution in [0.2, 0.25) is 0 Å². The Balaban J connectivity index is 1.87. The molecule has 1 atom stereocenters. The van der Waals surface area contributed by atoms with Gasteiger partial charge in [-0.15, -0.1) is 0 Å². The lowest BCUT2D eigenvalue weighted by Gasteiger charge is -2.36. The number of nitrogens with one attached hydrogen (secondary N) is 1. The van der Waals surface area contributed by atoms with Crippen LogP contribution in [-0.2, 0) is 24.5 Å². The van der Waals surface area contributed by atoms with Crippen molar-refractivity contribution < 1.29 is 33.8 Å². The zero-order valence-corrected chi connectivity index (χ0v) is 25.9. The number of ether oxygens (including phenoxy) is 2. The van der Waals surface area contributed by atoms with Gasteiger partial charge in [-0.05, 0) is 40.2 Å². The van der Waals surface area contributed by atoms with Gasteiger partial charge in [0.05, 0.1) is 18.9 Å². The fourth-order valence-corrected chi connectivity index (χ4v) is 4.40. The predicted molar refractivity (Wildman–Crippen MR) is 159 cm³/mol. The van der Waals surface area contributed by atoms with Crippen molar-refractivity contribution >= 4 is 23.9 Å². The first-order valence-corrected chi connectivity index (χ1v) is 14.5. The van der Waals surface area contributed by atoms with Crippen molar-refractivity contribution in [2.45, 2.75) is 71.4 Å². The van der Waals surface area contributed by atoms with Crippen molar-refractivity contribution in [3.05, 3.63) is 47.8 Å². The number of carbonyl (C=O) groups is 4. The molecule has 0 spiro atoms. The third-order valence-corrected chi connectivity index (χ3v) is 6.86. The zero-order chi connectivity index (χ0) is 31.8. The summed E-state index contributed by atoms with van der Waals surface area (Å²) in [5.74, 6) is -1.19. The van der Waals surface area contributed by atoms with E-state index in [1.807, 2.05) is 30.3 Å². The summed E-state index contributed by atoms with van der Waals surface area (Å²) in [5.41, 5.74) is -0.308. The summed E-state index contributed by atoms with van der Waals surface area (Å²) in [7, 11) is 0. The second-order valence-electron chi connectivity index (χ2n) is 12.0. The van der Waals surface area contributed by atoms with E-state index in [1.165, 1.54) is 11.0 Å². The van der Waals surface area contributed by atoms with Crippen molar-refractivity contribution in [1.82, 2.24) is 25.1 Å². The maximum Gasteiger partial charge on any atom is 0.409 e. The molecule has 3 amide bonds. The quantitative estimate of drug-likeness (QED) is 0.394. The van der Waals surface area contributed by atoms with Gasteiger partial charge in [-0.3, -0.25) is 14.4 Å². The van der Waals surface area contributed by atoms with Gasteiger partial charge in [0.2, 0.25) is 5.91 Å². The first-order valence-electron chi connectivity index (χ1n) is 14.5. The molecule has 0 unspecified atom stereocenters. The van der Waals surface area contributed by atoms with E-state index in [0.29, 0.717) is 17.1 Å². The maximum absolute atomic E-state index is 13.7. The van der Waals surface area contributed by atoms with Gasteiger partial charge in [0.25, 0.3) is 5.91 Å². The normalized spacial score (nSPS) is 14.6. The highest BCUT2D eigenvalue weighted by Gasteiger charge is 2.32. The van der Waals surface area contributed by atoms with Crippen LogP contribution in [0.25, 0.3) is 11.4 Å². The monoisotopic (exact) mass is 597 g/mol. The molecule has 1 fully saturated rings. The molecule has 1 aromatic heterocycles. The minimum Gasteiger partial charge on any atom is -0.460 e. The molecule has 3 rings (SSSR count). The van der Waals surface area contributed by atoms with Gasteiger partial charge >= 0.3 is 12.1 Å². The molecule has 1 aliphatic rings. The van der Waals surface area contributed by atoms with E-state index < -0.39 is 35.0 Å². The molecule has 1 aliphatic heterocycles. The largest absolute Gasteiger partial charge is 0.460 e. The Bertz CT molecular complexity index is 1290. The molecule has 2 aromatic rings. The molecule has 2 N–H and O–H groups in total. The molecular formula is C31H43N5O7. The lowest BCUT2D eigenvalue weighted by atomic mass is 9.89. The van der Waals surface area contributed by atoms with Crippen molar-refractivity contribution in [2.75, 3.05) is 39.4 Å². The highest BCUT2D eigenvalue weighted by atomic mass is 16.6. The first-order chi connectivity index (χ1) is 20.2. The predicted octanol–water partition coefficient (Wildman–Crippen LogP) is 2.93. The molecule has 0 radical (unpaired) electrons. The van der Waals surface area contributed by atoms with Crippen LogP contribution in [0.1, 0.15) is 70.6 Å². The van der Waals surface area contributed by atoms with Crippen LogP contribution in [0.15, 0.2) is 36.4 Å². The van der Waals surface area contributed by atoms with E-state index in [4.69, 9.17) is 9.47 Å². The molecule has 0 bridgehead atoms. The molecule has 1 saturated heterocycles. The molecule has 0 aliphatic carbocycles. The number of rotatable bonds is 10. The first kappa shape index (κ1) is 33.4. The Kier molecular flexibility index (Phi) is 11.2. The van der Waals surface area contributed by atoms with Gasteiger partial charge < -0.3 is 29.7 Å². The molecule has 0 saturated carbocycles. The van der Waals surface area contributed by atoms with Gasteiger partial charge in [0.1, 0.15) is 17.3 Å². The van der Waals surface area contributed by atoms with Crippen molar-refractivity contribution in [3.63, 3.8) is 0 Å². The molecule has 1 aromatic carbocycles. The lowest BCUT2D eigenvalue weighted by molar-refractivity contribution is -0.155. The summed E-state index contributed by atoms with van der Waals surface area (Å²) in [6.45, 7) is 11.7. The van der Waals surface area contributed by atoms with Crippen LogP contribution in [-0.4, -0.2) is 99.8 Å². The summed E-state index contributed by atoms with van der Waals surface area (Å²) in [6.07, 6.45) is -0.536. The molecule has 12 heteroatoms. The van der Waals surface area contributed by atoms with Gasteiger partial charge in [-0.25, -0.2) is 14.8 Å². The minimum atomic E-state index is -1.06. The highest BCUT2D eigenvalue weighted by Crippen LogP contribution is 2.25. The number of aliphatic hydroxyl groups excluding tert-OH is 1. The van der Waals surface area contributed by atoms with Crippen LogP contribution >= 0.6 is 0 Å². The van der Waals surface area contributed by atoms with Gasteiger partial charge in [0.15, 0.2) is 5.82 Å². The van der Waals surface area contributed by atoms with Crippen LogP contribution < -0.4 is 5.32 Å². The van der Waals surface area contributed by atoms with Crippen molar-refractivity contribution in [2.24, 2.45) is 0 Å². The molecule has 12 nitrogen and oxygen atoms in total. The summed E-state index contributed by atoms with van der Waals surface area (Å²) in [4.78, 5) is 64.2. The average Bonchev–Trinajstić information content (AvgIpc) is 2.98. The number of aromatic nitrogens is 2. The number of hydrogen-bond donors (Lipinski definition) is 2. The van der Waals surface area contributed by atoms with Gasteiger partial charge in [0, 0.05) is 43.6 Å². The molecule has 2 heterocycles. The maximum atomic E-state index is 13.7. The number of aliphatic hydroxyl groups is 1. The molecular weight excluding hydrogens is 554 g/mol. The van der Waals surface area contributed by atoms with Gasteiger partial charge in [-0.1, -0.05) is 44.2 Å². The minimum absolute atomic E-state index is 0.00317. The number of piperazine rings is 1. The number of amides is 3. The Hall–Kier alpha value is -4.06. The second kappa shape index (κ2) is 14.4. The average molecular weight is 598 g/mol. The fourth-order valence-electron chi connectivity index (χ4n) is 4.40. The summed E-state index contributed by atoms with van der Waals surface area (Å²) < 4.78 is 10.5. The lowest BCUT2D eigenvalue weighted by Crippen LogP contribution is -2.56. The zero-order valence-electron chi connectivity index (χ0n) is 25.9. The van der Waals surface area contributed by atoms with Crippen molar-refractivity contribution in [1.29, 1.82) is 0 Å². The standard InChI is InChI=1S/C31H43N5O7/c1-7-42-29(41)36-17-15-35(16-18-36)28(40)22(13-14-25(38)43-30(2,3)4)33-27(39)23-19-24(31(5,6)20-37)34-26(32-23)21-11-9-8-10-12-21/h8-12,19,22,37H,7,13-18,20H2,1-6H3,(H,33,39)/t22-/m0/s1. The fraction of sp³-hybridized carbons (Fsp3) is 0.548. The Morgan fingerprint density at radius 3 is 2.19 bits per heavy atom. The van der Waals surface area contributed by atoms with Crippen molar-refractivity contribution in [3.8, 4) is 11.4 Å². The summed E-state index contributed by atoms with van der Waals surface area (Å²) in [5, 5.41) is 12.8. The topological polar surface area (TPSA) is 151 Å². The Labute approximate surface area is 252 Å². The molecule has 43 heavy (non-hydrogen) atoms. The van der Waals surface area contributed by atoms with E-state index in [0.717, 1.165) is 0 Å². The smallest absolute Gasteiger partial charge is 0.409 e. The number of carbonyl (C=O) groups excluding carboxylic acids is 4. The number of nitrogens with zero attached hydrogens (tertiary/aromatic N) is 4. The number of hydrogen-bond acceptors (Lipinski definition) is 9. The Morgan fingerprint density at radius 1 is 0.977 bits per heavy atom. The van der Waals surface area contributed by atoms with Crippen LogP contribution in [0.5, 0.6) is 0 Å². The number of benzene rings is 1. The van der Waals surface area contributed by atoms with Crippen LogP contribution in [0.3, 0.4) is 0 Å². The Morgan fingerprint density at radius 2 is 1.60 bits per heavy atom. The third-order valence-electron chi connectivity index (χ3n) is 6.86. The van der Waals surface area contributed by atoms with E-state index in [9.17, 15) is 24.3 Å². The van der Waals surface area contributed by atoms with Crippen LogP contribution in [0.4, 0.5) is 4.79 Å².